The van der Waals surface area contributed by atoms with Crippen LogP contribution in [0.5, 0.6) is 5.75 Å². The number of hydrogen-bond donors (Lipinski definition) is 1. The predicted octanol–water partition coefficient (Wildman–Crippen LogP) is 6.04. The molecule has 1 saturated carbocycles. The van der Waals surface area contributed by atoms with Crippen molar-refractivity contribution in [3.63, 3.8) is 0 Å². The molecule has 0 unspecified atom stereocenters. The van der Waals surface area contributed by atoms with Crippen molar-refractivity contribution in [1.82, 2.24) is 5.32 Å². The Morgan fingerprint density at radius 2 is 1.96 bits per heavy atom. The van der Waals surface area contributed by atoms with Gasteiger partial charge in [0, 0.05) is 24.7 Å². The molecule has 144 valence electrons. The minimum Gasteiger partial charge on any atom is -0.490 e. The summed E-state index contributed by atoms with van der Waals surface area (Å²) in [5.74, 6) is 0.731. The molecule has 0 atom stereocenters. The monoisotopic (exact) mass is 367 g/mol. The summed E-state index contributed by atoms with van der Waals surface area (Å²) in [6, 6.07) is 11.7. The maximum Gasteiger partial charge on any atom is 0.127 e. The standard InChI is InChI=1S/C24H30FNO/c1-4-18(26-3)15-17-13-14-24(27-19-9-6-7-10-19)22(16-17)21-11-8-12-23(25)20(21)5-2/h4,8,11-14,16,19,26H,5-7,9-10,15H2,1-3H3/b18-4-. The highest BCUT2D eigenvalue weighted by Crippen LogP contribution is 2.37. The molecule has 1 fully saturated rings. The van der Waals surface area contributed by atoms with E-state index in [1.54, 1.807) is 12.1 Å². The Morgan fingerprint density at radius 1 is 1.19 bits per heavy atom. The number of ether oxygens (including phenoxy) is 1. The van der Waals surface area contributed by atoms with Crippen LogP contribution in [0.25, 0.3) is 11.1 Å². The number of halogens is 1. The number of nitrogens with one attached hydrogen (secondary N) is 1. The summed E-state index contributed by atoms with van der Waals surface area (Å²) in [5.41, 5.74) is 5.06. The van der Waals surface area contributed by atoms with Crippen molar-refractivity contribution in [1.29, 1.82) is 0 Å². The van der Waals surface area contributed by atoms with Crippen molar-refractivity contribution in [2.75, 3.05) is 7.05 Å². The van der Waals surface area contributed by atoms with E-state index in [1.165, 1.54) is 24.1 Å². The van der Waals surface area contributed by atoms with Crippen LogP contribution in [0.15, 0.2) is 48.2 Å². The number of hydrogen-bond acceptors (Lipinski definition) is 2. The van der Waals surface area contributed by atoms with Crippen LogP contribution in [0.2, 0.25) is 0 Å². The van der Waals surface area contributed by atoms with Crippen LogP contribution in [0.4, 0.5) is 4.39 Å². The maximum absolute atomic E-state index is 14.4. The number of benzene rings is 2. The Labute approximate surface area is 162 Å². The molecule has 2 aromatic carbocycles. The van der Waals surface area contributed by atoms with Crippen LogP contribution in [0, 0.1) is 5.82 Å². The Kier molecular flexibility index (Phi) is 6.54. The molecular formula is C24H30FNO. The van der Waals surface area contributed by atoms with Gasteiger partial charge in [0.1, 0.15) is 11.6 Å². The lowest BCUT2D eigenvalue weighted by Gasteiger charge is -2.20. The zero-order chi connectivity index (χ0) is 19.2. The topological polar surface area (TPSA) is 21.3 Å². The van der Waals surface area contributed by atoms with E-state index in [4.69, 9.17) is 4.74 Å². The normalized spacial score (nSPS) is 15.2. The van der Waals surface area contributed by atoms with Gasteiger partial charge in [-0.2, -0.15) is 0 Å². The van der Waals surface area contributed by atoms with Crippen molar-refractivity contribution < 1.29 is 9.13 Å². The van der Waals surface area contributed by atoms with Gasteiger partial charge in [-0.25, -0.2) is 4.39 Å². The number of allylic oxidation sites excluding steroid dienone is 2. The molecule has 27 heavy (non-hydrogen) atoms. The Morgan fingerprint density at radius 3 is 2.63 bits per heavy atom. The molecule has 3 rings (SSSR count). The van der Waals surface area contributed by atoms with Crippen LogP contribution in [-0.4, -0.2) is 13.2 Å². The molecular weight excluding hydrogens is 337 g/mol. The van der Waals surface area contributed by atoms with Gasteiger partial charge in [0.05, 0.1) is 6.10 Å². The predicted molar refractivity (Wildman–Crippen MR) is 111 cm³/mol. The summed E-state index contributed by atoms with van der Waals surface area (Å²) in [6.07, 6.45) is 8.50. The van der Waals surface area contributed by atoms with Gasteiger partial charge in [-0.1, -0.05) is 31.2 Å². The lowest BCUT2D eigenvalue weighted by Crippen LogP contribution is -2.12. The molecule has 0 saturated heterocycles. The van der Waals surface area contributed by atoms with Gasteiger partial charge in [-0.3, -0.25) is 0 Å². The molecule has 3 heteroatoms. The largest absolute Gasteiger partial charge is 0.490 e. The van der Waals surface area contributed by atoms with E-state index in [1.807, 2.05) is 27.0 Å². The number of likely N-dealkylation sites (N-methyl/N-ethyl adjacent to an activating group) is 1. The number of rotatable bonds is 7. The molecule has 0 aromatic heterocycles. The molecule has 0 bridgehead atoms. The van der Waals surface area contributed by atoms with Crippen LogP contribution in [-0.2, 0) is 12.8 Å². The Hall–Kier alpha value is -2.29. The van der Waals surface area contributed by atoms with E-state index >= 15 is 0 Å². The second-order valence-electron chi connectivity index (χ2n) is 7.22. The average molecular weight is 368 g/mol. The van der Waals surface area contributed by atoms with Crippen LogP contribution >= 0.6 is 0 Å². The van der Waals surface area contributed by atoms with Crippen LogP contribution in [0.1, 0.15) is 50.7 Å². The van der Waals surface area contributed by atoms with E-state index < -0.39 is 0 Å². The second-order valence-corrected chi connectivity index (χ2v) is 7.22. The SMILES string of the molecule is C/C=C(/Cc1ccc(OC2CCCC2)c(-c2cccc(F)c2CC)c1)NC. The van der Waals surface area contributed by atoms with E-state index in [-0.39, 0.29) is 11.9 Å². The third-order valence-electron chi connectivity index (χ3n) is 5.47. The van der Waals surface area contributed by atoms with E-state index in [9.17, 15) is 4.39 Å². The summed E-state index contributed by atoms with van der Waals surface area (Å²) < 4.78 is 20.8. The quantitative estimate of drug-likeness (QED) is 0.644. The minimum absolute atomic E-state index is 0.142. The van der Waals surface area contributed by atoms with Crippen molar-refractivity contribution in [2.24, 2.45) is 0 Å². The van der Waals surface area contributed by atoms with Crippen molar-refractivity contribution >= 4 is 0 Å². The van der Waals surface area contributed by atoms with E-state index in [2.05, 4.69) is 29.6 Å². The lowest BCUT2D eigenvalue weighted by atomic mass is 9.94. The first-order valence-corrected chi connectivity index (χ1v) is 10.1. The molecule has 0 radical (unpaired) electrons. The molecule has 2 aromatic rings. The molecule has 0 heterocycles. The minimum atomic E-state index is -0.142. The van der Waals surface area contributed by atoms with Crippen molar-refractivity contribution in [3.8, 4) is 16.9 Å². The van der Waals surface area contributed by atoms with Gasteiger partial charge in [0.25, 0.3) is 0 Å². The van der Waals surface area contributed by atoms with Gasteiger partial charge in [-0.15, -0.1) is 0 Å². The average Bonchev–Trinajstić information content (AvgIpc) is 3.20. The molecule has 1 aliphatic carbocycles. The fourth-order valence-corrected chi connectivity index (χ4v) is 3.91. The molecule has 1 N–H and O–H groups in total. The third-order valence-corrected chi connectivity index (χ3v) is 5.47. The van der Waals surface area contributed by atoms with E-state index in [0.29, 0.717) is 6.42 Å². The summed E-state index contributed by atoms with van der Waals surface area (Å²) in [4.78, 5) is 0. The summed E-state index contributed by atoms with van der Waals surface area (Å²) >= 11 is 0. The molecule has 1 aliphatic rings. The summed E-state index contributed by atoms with van der Waals surface area (Å²) in [7, 11) is 1.94. The first-order chi connectivity index (χ1) is 13.2. The Balaban J connectivity index is 2.05. The van der Waals surface area contributed by atoms with Crippen molar-refractivity contribution in [2.45, 2.75) is 58.5 Å². The third kappa shape index (κ3) is 4.52. The lowest BCUT2D eigenvalue weighted by molar-refractivity contribution is 0.211. The Bertz CT molecular complexity index is 806. The van der Waals surface area contributed by atoms with Gasteiger partial charge < -0.3 is 10.1 Å². The molecule has 0 amide bonds. The van der Waals surface area contributed by atoms with Crippen molar-refractivity contribution in [3.05, 3.63) is 65.1 Å². The van der Waals surface area contributed by atoms with Crippen LogP contribution < -0.4 is 10.1 Å². The molecule has 0 aliphatic heterocycles. The van der Waals surface area contributed by atoms with Gasteiger partial charge in [0.15, 0.2) is 0 Å². The van der Waals surface area contributed by atoms with Crippen LogP contribution in [0.3, 0.4) is 0 Å². The zero-order valence-electron chi connectivity index (χ0n) is 16.6. The van der Waals surface area contributed by atoms with E-state index in [0.717, 1.165) is 41.7 Å². The highest BCUT2D eigenvalue weighted by atomic mass is 19.1. The van der Waals surface area contributed by atoms with Gasteiger partial charge in [-0.05, 0) is 73.9 Å². The molecule has 2 nitrogen and oxygen atoms in total. The highest BCUT2D eigenvalue weighted by Gasteiger charge is 2.20. The summed E-state index contributed by atoms with van der Waals surface area (Å²) in [5, 5.41) is 3.23. The van der Waals surface area contributed by atoms with Gasteiger partial charge >= 0.3 is 0 Å². The smallest absolute Gasteiger partial charge is 0.127 e. The summed E-state index contributed by atoms with van der Waals surface area (Å²) in [6.45, 7) is 4.04. The first-order valence-electron chi connectivity index (χ1n) is 10.1. The molecule has 0 spiro atoms. The first kappa shape index (κ1) is 19.5. The highest BCUT2D eigenvalue weighted by molar-refractivity contribution is 5.74. The maximum atomic E-state index is 14.4. The fourth-order valence-electron chi connectivity index (χ4n) is 3.91. The van der Waals surface area contributed by atoms with Gasteiger partial charge in [0.2, 0.25) is 0 Å². The second kappa shape index (κ2) is 9.07. The zero-order valence-corrected chi connectivity index (χ0v) is 16.6. The fraction of sp³-hybridized carbons (Fsp3) is 0.417.